The first-order chi connectivity index (χ1) is 8.38. The summed E-state index contributed by atoms with van der Waals surface area (Å²) in [4.78, 5) is 3.99. The molecule has 2 heteroatoms. The smallest absolute Gasteiger partial charge is 0.0352 e. The lowest BCUT2D eigenvalue weighted by molar-refractivity contribution is 1.01. The Morgan fingerprint density at radius 1 is 1.18 bits per heavy atom. The van der Waals surface area contributed by atoms with Crippen molar-refractivity contribution >= 4 is 5.69 Å². The number of hydrogen-bond acceptors (Lipinski definition) is 2. The van der Waals surface area contributed by atoms with Crippen LogP contribution >= 0.6 is 0 Å². The highest BCUT2D eigenvalue weighted by atomic mass is 14.9. The molecule has 1 aromatic carbocycles. The number of aromatic nitrogens is 1. The third-order valence-corrected chi connectivity index (χ3v) is 2.52. The first-order valence-corrected chi connectivity index (χ1v) is 5.58. The standard InChI is InChI=1S/C15H14N2/c1-2-13-4-3-5-15(12-13)17-11-8-14-6-9-16-10-7-14/h1,3-7,9-10,12,17H,8,11H2. The number of hydrogen-bond donors (Lipinski definition) is 1. The van der Waals surface area contributed by atoms with Gasteiger partial charge < -0.3 is 5.32 Å². The van der Waals surface area contributed by atoms with E-state index in [2.05, 4.69) is 16.2 Å². The molecule has 0 aliphatic heterocycles. The number of anilines is 1. The van der Waals surface area contributed by atoms with E-state index >= 15 is 0 Å². The Balaban J connectivity index is 1.88. The molecule has 0 saturated carbocycles. The third-order valence-electron chi connectivity index (χ3n) is 2.52. The molecule has 0 amide bonds. The Bertz CT molecular complexity index is 512. The van der Waals surface area contributed by atoms with E-state index in [9.17, 15) is 0 Å². The van der Waals surface area contributed by atoms with Gasteiger partial charge in [-0.15, -0.1) is 6.42 Å². The van der Waals surface area contributed by atoms with E-state index in [-0.39, 0.29) is 0 Å². The lowest BCUT2D eigenvalue weighted by atomic mass is 10.2. The molecule has 0 spiro atoms. The van der Waals surface area contributed by atoms with Crippen LogP contribution < -0.4 is 5.32 Å². The van der Waals surface area contributed by atoms with Gasteiger partial charge in [-0.2, -0.15) is 0 Å². The van der Waals surface area contributed by atoms with Crippen molar-refractivity contribution in [2.24, 2.45) is 0 Å². The zero-order valence-electron chi connectivity index (χ0n) is 9.56. The van der Waals surface area contributed by atoms with E-state index in [1.165, 1.54) is 5.56 Å². The van der Waals surface area contributed by atoms with E-state index in [4.69, 9.17) is 6.42 Å². The van der Waals surface area contributed by atoms with Gasteiger partial charge in [0.1, 0.15) is 0 Å². The second-order valence-corrected chi connectivity index (χ2v) is 3.76. The molecule has 0 aliphatic carbocycles. The van der Waals surface area contributed by atoms with Crippen LogP contribution in [0.4, 0.5) is 5.69 Å². The molecule has 0 bridgehead atoms. The van der Waals surface area contributed by atoms with Gasteiger partial charge in [-0.25, -0.2) is 0 Å². The molecule has 0 atom stereocenters. The van der Waals surface area contributed by atoms with Crippen molar-refractivity contribution in [2.45, 2.75) is 6.42 Å². The van der Waals surface area contributed by atoms with Gasteiger partial charge in [0.15, 0.2) is 0 Å². The molecule has 2 aromatic rings. The highest BCUT2D eigenvalue weighted by molar-refractivity contribution is 5.49. The first kappa shape index (κ1) is 11.2. The zero-order chi connectivity index (χ0) is 11.9. The van der Waals surface area contributed by atoms with E-state index < -0.39 is 0 Å². The molecule has 1 heterocycles. The molecule has 84 valence electrons. The zero-order valence-corrected chi connectivity index (χ0v) is 9.56. The molecule has 0 fully saturated rings. The Labute approximate surface area is 102 Å². The molecule has 0 aliphatic rings. The molecular formula is C15H14N2. The van der Waals surface area contributed by atoms with E-state index in [1.807, 2.05) is 48.8 Å². The Morgan fingerprint density at radius 3 is 2.76 bits per heavy atom. The molecule has 1 N–H and O–H groups in total. The maximum absolute atomic E-state index is 5.35. The average molecular weight is 222 g/mol. The maximum atomic E-state index is 5.35. The van der Waals surface area contributed by atoms with E-state index in [0.717, 1.165) is 24.2 Å². The minimum atomic E-state index is 0.887. The van der Waals surface area contributed by atoms with Crippen LogP contribution in [0.2, 0.25) is 0 Å². The lowest BCUT2D eigenvalue weighted by Gasteiger charge is -2.06. The van der Waals surface area contributed by atoms with Crippen molar-refractivity contribution in [3.63, 3.8) is 0 Å². The molecule has 0 unspecified atom stereocenters. The summed E-state index contributed by atoms with van der Waals surface area (Å²) in [6, 6.07) is 11.9. The van der Waals surface area contributed by atoms with Gasteiger partial charge in [-0.3, -0.25) is 4.98 Å². The molecular weight excluding hydrogens is 208 g/mol. The SMILES string of the molecule is C#Cc1cccc(NCCc2ccncc2)c1. The minimum Gasteiger partial charge on any atom is -0.385 e. The van der Waals surface area contributed by atoms with Crippen LogP contribution in [0.25, 0.3) is 0 Å². The molecule has 0 saturated heterocycles. The molecule has 2 nitrogen and oxygen atoms in total. The summed E-state index contributed by atoms with van der Waals surface area (Å²) in [5, 5.41) is 3.35. The highest BCUT2D eigenvalue weighted by Gasteiger charge is 1.94. The number of benzene rings is 1. The van der Waals surface area contributed by atoms with Crippen LogP contribution in [0.5, 0.6) is 0 Å². The van der Waals surface area contributed by atoms with Crippen molar-refractivity contribution in [3.05, 3.63) is 59.9 Å². The van der Waals surface area contributed by atoms with Gasteiger partial charge in [0, 0.05) is 30.2 Å². The lowest BCUT2D eigenvalue weighted by Crippen LogP contribution is -2.04. The summed E-state index contributed by atoms with van der Waals surface area (Å²) < 4.78 is 0. The summed E-state index contributed by atoms with van der Waals surface area (Å²) in [6.07, 6.45) is 9.96. The fraction of sp³-hybridized carbons (Fsp3) is 0.133. The van der Waals surface area contributed by atoms with Crippen molar-refractivity contribution in [1.29, 1.82) is 0 Å². The second kappa shape index (κ2) is 5.72. The van der Waals surface area contributed by atoms with Crippen molar-refractivity contribution in [1.82, 2.24) is 4.98 Å². The fourth-order valence-electron chi connectivity index (χ4n) is 1.62. The summed E-state index contributed by atoms with van der Waals surface area (Å²) in [6.45, 7) is 0.887. The van der Waals surface area contributed by atoms with Gasteiger partial charge in [0.2, 0.25) is 0 Å². The van der Waals surface area contributed by atoms with Gasteiger partial charge in [-0.1, -0.05) is 12.0 Å². The topological polar surface area (TPSA) is 24.9 Å². The van der Waals surface area contributed by atoms with Gasteiger partial charge >= 0.3 is 0 Å². The van der Waals surface area contributed by atoms with Crippen LogP contribution in [0, 0.1) is 12.3 Å². The van der Waals surface area contributed by atoms with Crippen molar-refractivity contribution in [2.75, 3.05) is 11.9 Å². The van der Waals surface area contributed by atoms with Crippen LogP contribution in [-0.2, 0) is 6.42 Å². The number of terminal acetylenes is 1. The fourth-order valence-corrected chi connectivity index (χ4v) is 1.62. The third kappa shape index (κ3) is 3.35. The quantitative estimate of drug-likeness (QED) is 0.804. The summed E-state index contributed by atoms with van der Waals surface area (Å²) in [5.41, 5.74) is 3.24. The number of pyridine rings is 1. The first-order valence-electron chi connectivity index (χ1n) is 5.58. The predicted octanol–water partition coefficient (Wildman–Crippen LogP) is 2.72. The van der Waals surface area contributed by atoms with Crippen LogP contribution in [0.1, 0.15) is 11.1 Å². The van der Waals surface area contributed by atoms with Gasteiger partial charge in [0.25, 0.3) is 0 Å². The normalized spacial score (nSPS) is 9.59. The molecule has 1 aromatic heterocycles. The Kier molecular flexibility index (Phi) is 3.77. The predicted molar refractivity (Wildman–Crippen MR) is 70.8 cm³/mol. The Hall–Kier alpha value is -2.27. The van der Waals surface area contributed by atoms with Crippen molar-refractivity contribution < 1.29 is 0 Å². The molecule has 17 heavy (non-hydrogen) atoms. The van der Waals surface area contributed by atoms with Crippen molar-refractivity contribution in [3.8, 4) is 12.3 Å². The summed E-state index contributed by atoms with van der Waals surface area (Å²) >= 11 is 0. The average Bonchev–Trinajstić information content (AvgIpc) is 2.40. The van der Waals surface area contributed by atoms with E-state index in [1.54, 1.807) is 0 Å². The number of nitrogens with one attached hydrogen (secondary N) is 1. The molecule has 2 rings (SSSR count). The van der Waals surface area contributed by atoms with E-state index in [0.29, 0.717) is 0 Å². The highest BCUT2D eigenvalue weighted by Crippen LogP contribution is 2.09. The minimum absolute atomic E-state index is 0.887. The second-order valence-electron chi connectivity index (χ2n) is 3.76. The number of nitrogens with zero attached hydrogens (tertiary/aromatic N) is 1. The van der Waals surface area contributed by atoms with Crippen LogP contribution in [0.3, 0.4) is 0 Å². The van der Waals surface area contributed by atoms with Gasteiger partial charge in [0.05, 0.1) is 0 Å². The largest absolute Gasteiger partial charge is 0.385 e. The monoisotopic (exact) mass is 222 g/mol. The number of rotatable bonds is 4. The van der Waals surface area contributed by atoms with Crippen LogP contribution in [-0.4, -0.2) is 11.5 Å². The van der Waals surface area contributed by atoms with Crippen LogP contribution in [0.15, 0.2) is 48.8 Å². The maximum Gasteiger partial charge on any atom is 0.0352 e. The molecule has 0 radical (unpaired) electrons. The summed E-state index contributed by atoms with van der Waals surface area (Å²) in [5.74, 6) is 2.63. The van der Waals surface area contributed by atoms with Gasteiger partial charge in [-0.05, 0) is 42.3 Å². The Morgan fingerprint density at radius 2 is 2.00 bits per heavy atom. The summed E-state index contributed by atoms with van der Waals surface area (Å²) in [7, 11) is 0.